The van der Waals surface area contributed by atoms with Gasteiger partial charge in [-0.15, -0.1) is 11.3 Å². The van der Waals surface area contributed by atoms with Gasteiger partial charge in [0.25, 0.3) is 0 Å². The fourth-order valence-electron chi connectivity index (χ4n) is 1.64. The lowest BCUT2D eigenvalue weighted by Gasteiger charge is -2.15. The third kappa shape index (κ3) is 4.79. The van der Waals surface area contributed by atoms with E-state index in [4.69, 9.17) is 9.84 Å². The molecule has 0 aliphatic carbocycles. The molecule has 0 atom stereocenters. The second-order valence-corrected chi connectivity index (χ2v) is 6.81. The van der Waals surface area contributed by atoms with Crippen LogP contribution in [0, 0.1) is 5.41 Å². The molecule has 1 heterocycles. The average Bonchev–Trinajstić information content (AvgIpc) is 2.93. The highest BCUT2D eigenvalue weighted by Crippen LogP contribution is 2.28. The number of anilines is 1. The number of amides is 1. The molecule has 0 aliphatic rings. The van der Waals surface area contributed by atoms with Crippen LogP contribution >= 0.6 is 11.3 Å². The van der Waals surface area contributed by atoms with E-state index in [1.807, 2.05) is 32.2 Å². The summed E-state index contributed by atoms with van der Waals surface area (Å²) in [4.78, 5) is 26.9. The van der Waals surface area contributed by atoms with E-state index in [0.717, 1.165) is 5.56 Å². The van der Waals surface area contributed by atoms with Gasteiger partial charge in [-0.05, 0) is 12.1 Å². The number of rotatable bonds is 5. The Hall–Kier alpha value is -2.41. The number of hydrogen-bond donors (Lipinski definition) is 2. The Bertz CT molecular complexity index is 719. The second kappa shape index (κ2) is 6.78. The van der Waals surface area contributed by atoms with Gasteiger partial charge < -0.3 is 15.2 Å². The normalized spacial score (nSPS) is 11.1. The molecule has 0 spiro atoms. The number of carboxylic acid groups (broad SMARTS) is 1. The van der Waals surface area contributed by atoms with Crippen molar-refractivity contribution in [2.24, 2.45) is 5.41 Å². The van der Waals surface area contributed by atoms with Gasteiger partial charge >= 0.3 is 5.97 Å². The van der Waals surface area contributed by atoms with Gasteiger partial charge in [0.15, 0.2) is 11.7 Å². The molecule has 6 nitrogen and oxygen atoms in total. The lowest BCUT2D eigenvalue weighted by molar-refractivity contribution is -0.139. The number of nitrogens with one attached hydrogen (secondary N) is 1. The van der Waals surface area contributed by atoms with Gasteiger partial charge in [0.05, 0.1) is 5.69 Å². The van der Waals surface area contributed by atoms with E-state index >= 15 is 0 Å². The summed E-state index contributed by atoms with van der Waals surface area (Å²) < 4.78 is 5.15. The van der Waals surface area contributed by atoms with Crippen LogP contribution in [0.25, 0.3) is 11.3 Å². The van der Waals surface area contributed by atoms with Crippen molar-refractivity contribution >= 4 is 28.3 Å². The smallest absolute Gasteiger partial charge is 0.341 e. The summed E-state index contributed by atoms with van der Waals surface area (Å²) in [5, 5.41) is 13.8. The highest BCUT2D eigenvalue weighted by molar-refractivity contribution is 7.14. The Morgan fingerprint density at radius 2 is 2.09 bits per heavy atom. The summed E-state index contributed by atoms with van der Waals surface area (Å²) in [5.74, 6) is -0.675. The highest BCUT2D eigenvalue weighted by atomic mass is 32.1. The van der Waals surface area contributed by atoms with E-state index in [2.05, 4.69) is 10.3 Å². The quantitative estimate of drug-likeness (QED) is 0.876. The van der Waals surface area contributed by atoms with Gasteiger partial charge in [-0.2, -0.15) is 0 Å². The van der Waals surface area contributed by atoms with Crippen molar-refractivity contribution in [2.75, 3.05) is 11.9 Å². The minimum Gasteiger partial charge on any atom is -0.482 e. The number of carbonyl (C=O) groups excluding carboxylic acids is 1. The third-order valence-electron chi connectivity index (χ3n) is 2.90. The molecule has 0 saturated heterocycles. The Kier molecular flexibility index (Phi) is 5.00. The number of hydrogen-bond acceptors (Lipinski definition) is 5. The summed E-state index contributed by atoms with van der Waals surface area (Å²) >= 11 is 1.33. The first-order chi connectivity index (χ1) is 10.8. The van der Waals surface area contributed by atoms with Crippen LogP contribution in [-0.4, -0.2) is 28.6 Å². The molecule has 0 aliphatic heterocycles. The van der Waals surface area contributed by atoms with Crippen molar-refractivity contribution in [3.63, 3.8) is 0 Å². The zero-order valence-corrected chi connectivity index (χ0v) is 13.9. The molecule has 7 heteroatoms. The zero-order chi connectivity index (χ0) is 17.0. The van der Waals surface area contributed by atoms with Crippen LogP contribution in [0.15, 0.2) is 29.6 Å². The lowest BCUT2D eigenvalue weighted by atomic mass is 9.96. The summed E-state index contributed by atoms with van der Waals surface area (Å²) in [7, 11) is 0. The maximum Gasteiger partial charge on any atom is 0.341 e. The van der Waals surface area contributed by atoms with Crippen LogP contribution in [0.2, 0.25) is 0 Å². The SMILES string of the molecule is CC(C)(C)C(=O)Nc1nc(-c2cccc(OCC(=O)O)c2)cs1. The standard InChI is InChI=1S/C16H18N2O4S/c1-16(2,3)14(21)18-15-17-12(9-23-15)10-5-4-6-11(7-10)22-8-13(19)20/h4-7,9H,8H2,1-3H3,(H,19,20)(H,17,18,21). The van der Waals surface area contributed by atoms with E-state index in [1.54, 1.807) is 18.2 Å². The molecule has 1 aromatic carbocycles. The maximum absolute atomic E-state index is 12.0. The van der Waals surface area contributed by atoms with Gasteiger partial charge in [-0.25, -0.2) is 9.78 Å². The minimum absolute atomic E-state index is 0.100. The van der Waals surface area contributed by atoms with E-state index in [-0.39, 0.29) is 5.91 Å². The molecule has 2 rings (SSSR count). The molecule has 2 aromatic rings. The zero-order valence-electron chi connectivity index (χ0n) is 13.1. The monoisotopic (exact) mass is 334 g/mol. The van der Waals surface area contributed by atoms with Gasteiger partial charge in [-0.3, -0.25) is 4.79 Å². The van der Waals surface area contributed by atoms with Gasteiger partial charge in [0.1, 0.15) is 5.75 Å². The summed E-state index contributed by atoms with van der Waals surface area (Å²) in [5.41, 5.74) is 0.997. The van der Waals surface area contributed by atoms with Crippen LogP contribution in [0.1, 0.15) is 20.8 Å². The van der Waals surface area contributed by atoms with Gasteiger partial charge in [0.2, 0.25) is 5.91 Å². The summed E-state index contributed by atoms with van der Waals surface area (Å²) in [6.07, 6.45) is 0. The van der Waals surface area contributed by atoms with Crippen molar-refractivity contribution in [1.29, 1.82) is 0 Å². The number of aromatic nitrogens is 1. The van der Waals surface area contributed by atoms with Crippen molar-refractivity contribution in [3.05, 3.63) is 29.6 Å². The van der Waals surface area contributed by atoms with Crippen LogP contribution in [0.4, 0.5) is 5.13 Å². The molecular weight excluding hydrogens is 316 g/mol. The summed E-state index contributed by atoms with van der Waals surface area (Å²) in [6, 6.07) is 7.01. The topological polar surface area (TPSA) is 88.5 Å². The highest BCUT2D eigenvalue weighted by Gasteiger charge is 2.22. The first-order valence-electron chi connectivity index (χ1n) is 6.98. The minimum atomic E-state index is -1.03. The number of ether oxygens (including phenoxy) is 1. The number of carboxylic acids is 1. The molecule has 2 N–H and O–H groups in total. The predicted octanol–water partition coefficient (Wildman–Crippen LogP) is 3.26. The van der Waals surface area contributed by atoms with Crippen LogP contribution < -0.4 is 10.1 Å². The number of thiazole rings is 1. The van der Waals surface area contributed by atoms with E-state index in [9.17, 15) is 9.59 Å². The summed E-state index contributed by atoms with van der Waals surface area (Å²) in [6.45, 7) is 5.10. The number of carbonyl (C=O) groups is 2. The average molecular weight is 334 g/mol. The first-order valence-corrected chi connectivity index (χ1v) is 7.85. The second-order valence-electron chi connectivity index (χ2n) is 5.95. The Morgan fingerprint density at radius 1 is 1.35 bits per heavy atom. The Labute approximate surface area is 138 Å². The molecule has 1 aromatic heterocycles. The molecule has 0 unspecified atom stereocenters. The van der Waals surface area contributed by atoms with Crippen molar-refractivity contribution < 1.29 is 19.4 Å². The largest absolute Gasteiger partial charge is 0.482 e. The Morgan fingerprint density at radius 3 is 2.74 bits per heavy atom. The Balaban J connectivity index is 2.12. The van der Waals surface area contributed by atoms with E-state index < -0.39 is 18.0 Å². The van der Waals surface area contributed by atoms with Crippen molar-refractivity contribution in [3.8, 4) is 17.0 Å². The van der Waals surface area contributed by atoms with E-state index in [1.165, 1.54) is 11.3 Å². The van der Waals surface area contributed by atoms with Gasteiger partial charge in [-0.1, -0.05) is 32.9 Å². The van der Waals surface area contributed by atoms with Gasteiger partial charge in [0, 0.05) is 16.4 Å². The molecule has 23 heavy (non-hydrogen) atoms. The van der Waals surface area contributed by atoms with E-state index in [0.29, 0.717) is 16.6 Å². The third-order valence-corrected chi connectivity index (χ3v) is 3.66. The molecule has 1 amide bonds. The number of benzene rings is 1. The van der Waals surface area contributed by atoms with Crippen LogP contribution in [-0.2, 0) is 9.59 Å². The maximum atomic E-state index is 12.0. The fraction of sp³-hybridized carbons (Fsp3) is 0.312. The van der Waals surface area contributed by atoms with Crippen molar-refractivity contribution in [1.82, 2.24) is 4.98 Å². The lowest BCUT2D eigenvalue weighted by Crippen LogP contribution is -2.27. The molecule has 0 saturated carbocycles. The molecule has 0 bridgehead atoms. The molecule has 122 valence electrons. The van der Waals surface area contributed by atoms with Crippen LogP contribution in [0.3, 0.4) is 0 Å². The molecule has 0 fully saturated rings. The molecule has 0 radical (unpaired) electrons. The predicted molar refractivity (Wildman–Crippen MR) is 88.8 cm³/mol. The number of aliphatic carboxylic acids is 1. The first kappa shape index (κ1) is 17.0. The fourth-order valence-corrected chi connectivity index (χ4v) is 2.35. The van der Waals surface area contributed by atoms with Crippen LogP contribution in [0.5, 0.6) is 5.75 Å². The number of nitrogens with zero attached hydrogens (tertiary/aromatic N) is 1. The van der Waals surface area contributed by atoms with Crippen molar-refractivity contribution in [2.45, 2.75) is 20.8 Å². The molecular formula is C16H18N2O4S.